The fraction of sp³-hybridized carbons (Fsp3) is 0.667. The zero-order valence-corrected chi connectivity index (χ0v) is 14.0. The van der Waals surface area contributed by atoms with Gasteiger partial charge in [-0.15, -0.1) is 0 Å². The minimum atomic E-state index is 0.167. The maximum absolute atomic E-state index is 5.62. The average Bonchev–Trinajstić information content (AvgIpc) is 2.75. The van der Waals surface area contributed by atoms with Crippen molar-refractivity contribution < 1.29 is 4.74 Å². The van der Waals surface area contributed by atoms with Gasteiger partial charge in [-0.2, -0.15) is 0 Å². The number of hydrogen-bond acceptors (Lipinski definition) is 3. The minimum absolute atomic E-state index is 0.167. The van der Waals surface area contributed by atoms with Crippen LogP contribution in [0.2, 0.25) is 0 Å². The van der Waals surface area contributed by atoms with Crippen LogP contribution in [0.25, 0.3) is 0 Å². The van der Waals surface area contributed by atoms with Crippen LogP contribution in [-0.2, 0) is 0 Å². The van der Waals surface area contributed by atoms with Crippen molar-refractivity contribution in [2.24, 2.45) is 0 Å². The number of likely N-dealkylation sites (N-methyl/N-ethyl adjacent to an activating group) is 2. The second kappa shape index (κ2) is 7.28. The van der Waals surface area contributed by atoms with Crippen molar-refractivity contribution in [3.8, 4) is 5.75 Å². The lowest BCUT2D eigenvalue weighted by Gasteiger charge is -2.46. The van der Waals surface area contributed by atoms with Crippen LogP contribution < -0.4 is 10.1 Å². The van der Waals surface area contributed by atoms with Crippen molar-refractivity contribution in [1.29, 1.82) is 0 Å². The summed E-state index contributed by atoms with van der Waals surface area (Å²) in [6.07, 6.45) is 7.82. The van der Waals surface area contributed by atoms with E-state index in [1.807, 2.05) is 6.07 Å². The average molecular weight is 290 g/mol. The second-order valence-corrected chi connectivity index (χ2v) is 6.38. The fourth-order valence-corrected chi connectivity index (χ4v) is 3.95. The molecule has 0 aliphatic heterocycles. The number of benzene rings is 1. The summed E-state index contributed by atoms with van der Waals surface area (Å²) in [7, 11) is 8.30. The van der Waals surface area contributed by atoms with E-state index < -0.39 is 0 Å². The Morgan fingerprint density at radius 2 is 1.71 bits per heavy atom. The number of methoxy groups -OCH3 is 1. The van der Waals surface area contributed by atoms with E-state index >= 15 is 0 Å². The molecule has 2 rings (SSSR count). The number of nitrogens with one attached hydrogen (secondary N) is 1. The first kappa shape index (κ1) is 16.3. The molecule has 3 nitrogen and oxygen atoms in total. The lowest BCUT2D eigenvalue weighted by atomic mass is 9.78. The van der Waals surface area contributed by atoms with E-state index in [2.05, 4.69) is 49.6 Å². The maximum Gasteiger partial charge on any atom is 0.123 e. The van der Waals surface area contributed by atoms with E-state index in [1.54, 1.807) is 7.11 Å². The first-order valence-corrected chi connectivity index (χ1v) is 8.13. The van der Waals surface area contributed by atoms with Crippen LogP contribution in [-0.4, -0.2) is 38.7 Å². The van der Waals surface area contributed by atoms with Gasteiger partial charge >= 0.3 is 0 Å². The van der Waals surface area contributed by atoms with Gasteiger partial charge in [-0.25, -0.2) is 0 Å². The van der Waals surface area contributed by atoms with Gasteiger partial charge in [0.2, 0.25) is 0 Å². The van der Waals surface area contributed by atoms with Crippen LogP contribution in [0.3, 0.4) is 0 Å². The molecule has 1 fully saturated rings. The van der Waals surface area contributed by atoms with E-state index in [1.165, 1.54) is 44.1 Å². The predicted octanol–water partition coefficient (Wildman–Crippen LogP) is 3.61. The zero-order valence-electron chi connectivity index (χ0n) is 14.0. The Morgan fingerprint density at radius 3 is 2.24 bits per heavy atom. The first-order chi connectivity index (χ1) is 10.2. The lowest BCUT2D eigenvalue weighted by molar-refractivity contribution is 0.0823. The third-order valence-corrected chi connectivity index (χ3v) is 5.14. The van der Waals surface area contributed by atoms with Gasteiger partial charge in [-0.3, -0.25) is 0 Å². The van der Waals surface area contributed by atoms with E-state index in [-0.39, 0.29) is 5.54 Å². The molecule has 0 spiro atoms. The fourth-order valence-electron chi connectivity index (χ4n) is 3.95. The number of hydrogen-bond donors (Lipinski definition) is 1. The summed E-state index contributed by atoms with van der Waals surface area (Å²) < 4.78 is 5.62. The Hall–Kier alpha value is -1.06. The molecule has 0 radical (unpaired) electrons. The van der Waals surface area contributed by atoms with Gasteiger partial charge in [-0.05, 0) is 40.1 Å². The van der Waals surface area contributed by atoms with Crippen molar-refractivity contribution in [2.45, 2.75) is 50.1 Å². The van der Waals surface area contributed by atoms with Gasteiger partial charge < -0.3 is 15.0 Å². The molecule has 1 unspecified atom stereocenters. The predicted molar refractivity (Wildman–Crippen MR) is 88.9 cm³/mol. The summed E-state index contributed by atoms with van der Waals surface area (Å²) in [5.41, 5.74) is 1.44. The first-order valence-electron chi connectivity index (χ1n) is 8.13. The summed E-state index contributed by atoms with van der Waals surface area (Å²) >= 11 is 0. The van der Waals surface area contributed by atoms with Gasteiger partial charge in [0.05, 0.1) is 13.2 Å². The van der Waals surface area contributed by atoms with Crippen molar-refractivity contribution in [1.82, 2.24) is 10.2 Å². The molecular formula is C18H30N2O. The van der Waals surface area contributed by atoms with E-state index in [4.69, 9.17) is 4.74 Å². The molecule has 3 heteroatoms. The minimum Gasteiger partial charge on any atom is -0.496 e. The molecule has 1 saturated carbocycles. The molecule has 0 bridgehead atoms. The summed E-state index contributed by atoms with van der Waals surface area (Å²) in [6, 6.07) is 8.73. The number of ether oxygens (including phenoxy) is 1. The summed E-state index contributed by atoms with van der Waals surface area (Å²) in [4.78, 5) is 2.44. The summed E-state index contributed by atoms with van der Waals surface area (Å²) in [6.45, 7) is 0. The molecule has 1 N–H and O–H groups in total. The van der Waals surface area contributed by atoms with E-state index in [9.17, 15) is 0 Å². The smallest absolute Gasteiger partial charge is 0.123 e. The van der Waals surface area contributed by atoms with Crippen LogP contribution >= 0.6 is 0 Å². The van der Waals surface area contributed by atoms with Gasteiger partial charge in [0.1, 0.15) is 5.75 Å². The Morgan fingerprint density at radius 1 is 1.10 bits per heavy atom. The number of nitrogens with zero attached hydrogens (tertiary/aromatic N) is 1. The van der Waals surface area contributed by atoms with Gasteiger partial charge in [0.25, 0.3) is 0 Å². The molecule has 0 saturated heterocycles. The molecule has 1 aliphatic carbocycles. The number of rotatable bonds is 5. The molecule has 1 aliphatic rings. The highest BCUT2D eigenvalue weighted by Gasteiger charge is 2.41. The normalized spacial score (nSPS) is 20.0. The Bertz CT molecular complexity index is 437. The molecule has 1 aromatic rings. The third kappa shape index (κ3) is 3.24. The molecule has 1 atom stereocenters. The van der Waals surface area contributed by atoms with Crippen LogP contribution in [0.5, 0.6) is 5.75 Å². The van der Waals surface area contributed by atoms with E-state index in [0.717, 1.165) is 5.75 Å². The van der Waals surface area contributed by atoms with Crippen molar-refractivity contribution in [3.05, 3.63) is 29.8 Å². The van der Waals surface area contributed by atoms with Crippen molar-refractivity contribution >= 4 is 0 Å². The van der Waals surface area contributed by atoms with Crippen molar-refractivity contribution in [3.63, 3.8) is 0 Å². The Balaban J connectivity index is 2.44. The van der Waals surface area contributed by atoms with Gasteiger partial charge in [-0.1, -0.05) is 43.9 Å². The molecule has 21 heavy (non-hydrogen) atoms. The second-order valence-electron chi connectivity index (χ2n) is 6.38. The van der Waals surface area contributed by atoms with E-state index in [0.29, 0.717) is 6.04 Å². The maximum atomic E-state index is 5.62. The van der Waals surface area contributed by atoms with Crippen LogP contribution in [0, 0.1) is 0 Å². The Kier molecular flexibility index (Phi) is 5.65. The summed E-state index contributed by atoms with van der Waals surface area (Å²) in [5, 5.41) is 3.59. The largest absolute Gasteiger partial charge is 0.496 e. The highest BCUT2D eigenvalue weighted by molar-refractivity contribution is 5.38. The van der Waals surface area contributed by atoms with Crippen LogP contribution in [0.4, 0.5) is 0 Å². The SMILES string of the molecule is CNC(c1ccccc1OC)C1(N(C)C)CCCCCC1. The molecule has 0 aromatic heterocycles. The lowest BCUT2D eigenvalue weighted by Crippen LogP contribution is -2.53. The van der Waals surface area contributed by atoms with Crippen molar-refractivity contribution in [2.75, 3.05) is 28.3 Å². The molecule has 0 amide bonds. The van der Waals surface area contributed by atoms with Gasteiger partial charge in [0.15, 0.2) is 0 Å². The molecule has 118 valence electrons. The quantitative estimate of drug-likeness (QED) is 0.838. The zero-order chi connectivity index (χ0) is 15.3. The third-order valence-electron chi connectivity index (χ3n) is 5.14. The molecular weight excluding hydrogens is 260 g/mol. The molecule has 0 heterocycles. The monoisotopic (exact) mass is 290 g/mol. The summed E-state index contributed by atoms with van der Waals surface area (Å²) in [5.74, 6) is 0.988. The highest BCUT2D eigenvalue weighted by Crippen LogP contribution is 2.43. The van der Waals surface area contributed by atoms with Gasteiger partial charge in [0, 0.05) is 11.1 Å². The van der Waals surface area contributed by atoms with Crippen LogP contribution in [0.15, 0.2) is 24.3 Å². The topological polar surface area (TPSA) is 24.5 Å². The standard InChI is InChI=1S/C18H30N2O/c1-19-17(15-11-7-8-12-16(15)21-4)18(20(2)3)13-9-5-6-10-14-18/h7-8,11-12,17,19H,5-6,9-10,13-14H2,1-4H3. The Labute approximate surface area is 129 Å². The molecule has 1 aromatic carbocycles. The number of para-hydroxylation sites is 1. The van der Waals surface area contributed by atoms with Crippen LogP contribution in [0.1, 0.15) is 50.1 Å². The highest BCUT2D eigenvalue weighted by atomic mass is 16.5.